The number of nitrogens with one attached hydrogen (secondary N) is 3. The summed E-state index contributed by atoms with van der Waals surface area (Å²) in [6.45, 7) is 0.336. The van der Waals surface area contributed by atoms with Crippen LogP contribution in [0.1, 0.15) is 16.2 Å². The fraction of sp³-hybridized carbons (Fsp3) is 0.231. The van der Waals surface area contributed by atoms with Crippen molar-refractivity contribution >= 4 is 23.4 Å². The maximum absolute atomic E-state index is 11.8. The fourth-order valence-corrected chi connectivity index (χ4v) is 1.72. The van der Waals surface area contributed by atoms with Gasteiger partial charge in [0.2, 0.25) is 5.91 Å². The highest BCUT2D eigenvalue weighted by atomic mass is 35.5. The summed E-state index contributed by atoms with van der Waals surface area (Å²) in [6.07, 6.45) is 1.96. The Labute approximate surface area is 126 Å². The lowest BCUT2D eigenvalue weighted by Crippen LogP contribution is -2.37. The van der Waals surface area contributed by atoms with Gasteiger partial charge in [-0.15, -0.1) is 0 Å². The van der Waals surface area contributed by atoms with E-state index in [1.165, 1.54) is 6.33 Å². The summed E-state index contributed by atoms with van der Waals surface area (Å²) in [5, 5.41) is 12.2. The van der Waals surface area contributed by atoms with Crippen LogP contribution in [0.2, 0.25) is 5.02 Å². The zero-order chi connectivity index (χ0) is 15.1. The second-order valence-corrected chi connectivity index (χ2v) is 4.66. The minimum absolute atomic E-state index is 0.0855. The first kappa shape index (κ1) is 15.0. The third-order valence-electron chi connectivity index (χ3n) is 2.66. The SMILES string of the molecule is O=C(CNC(=O)c1ccc(Cl)cc1)NCCc1ncn[nH]1. The van der Waals surface area contributed by atoms with Crippen LogP contribution in [0.5, 0.6) is 0 Å². The summed E-state index contributed by atoms with van der Waals surface area (Å²) in [5.41, 5.74) is 0.453. The largest absolute Gasteiger partial charge is 0.354 e. The minimum Gasteiger partial charge on any atom is -0.354 e. The van der Waals surface area contributed by atoms with Crippen LogP contribution in [0.25, 0.3) is 0 Å². The molecule has 0 aliphatic carbocycles. The lowest BCUT2D eigenvalue weighted by molar-refractivity contribution is -0.120. The first-order valence-electron chi connectivity index (χ1n) is 6.30. The number of hydrogen-bond acceptors (Lipinski definition) is 4. The number of carbonyl (C=O) groups excluding carboxylic acids is 2. The molecule has 110 valence electrons. The number of hydrogen-bond donors (Lipinski definition) is 3. The van der Waals surface area contributed by atoms with E-state index in [2.05, 4.69) is 25.8 Å². The van der Waals surface area contributed by atoms with E-state index < -0.39 is 0 Å². The number of benzene rings is 1. The van der Waals surface area contributed by atoms with E-state index >= 15 is 0 Å². The monoisotopic (exact) mass is 307 g/mol. The van der Waals surface area contributed by atoms with Gasteiger partial charge in [0.05, 0.1) is 6.54 Å². The van der Waals surface area contributed by atoms with Crippen LogP contribution in [0.4, 0.5) is 0 Å². The number of rotatable bonds is 6. The van der Waals surface area contributed by atoms with Gasteiger partial charge in [0.15, 0.2) is 0 Å². The van der Waals surface area contributed by atoms with E-state index in [9.17, 15) is 9.59 Å². The summed E-state index contributed by atoms with van der Waals surface area (Å²) in [4.78, 5) is 27.3. The molecule has 1 heterocycles. The summed E-state index contributed by atoms with van der Waals surface area (Å²) in [6, 6.07) is 6.43. The van der Waals surface area contributed by atoms with Crippen molar-refractivity contribution in [1.29, 1.82) is 0 Å². The molecule has 0 fully saturated rings. The van der Waals surface area contributed by atoms with Crippen LogP contribution < -0.4 is 10.6 Å². The van der Waals surface area contributed by atoms with E-state index in [0.717, 1.165) is 0 Å². The number of amides is 2. The molecule has 0 aliphatic heterocycles. The molecular formula is C13H14ClN5O2. The summed E-state index contributed by atoms with van der Waals surface area (Å²) >= 11 is 5.74. The van der Waals surface area contributed by atoms with Crippen molar-refractivity contribution in [3.8, 4) is 0 Å². The molecule has 2 aromatic rings. The molecule has 0 unspecified atom stereocenters. The predicted octanol–water partition coefficient (Wildman–Crippen LogP) is 0.547. The third kappa shape index (κ3) is 4.88. The van der Waals surface area contributed by atoms with Crippen molar-refractivity contribution in [2.75, 3.05) is 13.1 Å². The molecule has 1 aromatic heterocycles. The van der Waals surface area contributed by atoms with E-state index in [4.69, 9.17) is 11.6 Å². The standard InChI is InChI=1S/C13H14ClN5O2/c14-10-3-1-9(2-4-10)13(21)16-7-12(20)15-6-5-11-17-8-18-19-11/h1-4,8H,5-7H2,(H,15,20)(H,16,21)(H,17,18,19). The van der Waals surface area contributed by atoms with E-state index in [1.54, 1.807) is 24.3 Å². The smallest absolute Gasteiger partial charge is 0.251 e. The van der Waals surface area contributed by atoms with E-state index in [0.29, 0.717) is 29.4 Å². The lowest BCUT2D eigenvalue weighted by Gasteiger charge is -2.06. The Morgan fingerprint density at radius 1 is 1.19 bits per heavy atom. The van der Waals surface area contributed by atoms with Crippen LogP contribution in [-0.2, 0) is 11.2 Å². The maximum atomic E-state index is 11.8. The Bertz CT molecular complexity index is 598. The molecule has 0 saturated carbocycles. The van der Waals surface area contributed by atoms with Gasteiger partial charge in [-0.05, 0) is 24.3 Å². The number of aromatic nitrogens is 3. The average Bonchev–Trinajstić information content (AvgIpc) is 2.99. The molecule has 0 spiro atoms. The van der Waals surface area contributed by atoms with Gasteiger partial charge < -0.3 is 10.6 Å². The zero-order valence-electron chi connectivity index (χ0n) is 11.1. The van der Waals surface area contributed by atoms with Crippen molar-refractivity contribution in [3.05, 3.63) is 47.0 Å². The second-order valence-electron chi connectivity index (χ2n) is 4.22. The molecular weight excluding hydrogens is 294 g/mol. The van der Waals surface area contributed by atoms with E-state index in [1.807, 2.05) is 0 Å². The van der Waals surface area contributed by atoms with Crippen molar-refractivity contribution in [1.82, 2.24) is 25.8 Å². The maximum Gasteiger partial charge on any atom is 0.251 e. The van der Waals surface area contributed by atoms with Gasteiger partial charge >= 0.3 is 0 Å². The Balaban J connectivity index is 1.68. The Morgan fingerprint density at radius 2 is 1.95 bits per heavy atom. The van der Waals surface area contributed by atoms with Gasteiger partial charge in [0.25, 0.3) is 5.91 Å². The third-order valence-corrected chi connectivity index (χ3v) is 2.92. The van der Waals surface area contributed by atoms with Gasteiger partial charge in [-0.1, -0.05) is 11.6 Å². The highest BCUT2D eigenvalue weighted by Crippen LogP contribution is 2.09. The molecule has 2 amide bonds. The summed E-state index contributed by atoms with van der Waals surface area (Å²) < 4.78 is 0. The molecule has 0 bridgehead atoms. The molecule has 2 rings (SSSR count). The molecule has 7 nitrogen and oxygen atoms in total. The molecule has 3 N–H and O–H groups in total. The average molecular weight is 308 g/mol. The molecule has 0 atom stereocenters. The Morgan fingerprint density at radius 3 is 2.62 bits per heavy atom. The Kier molecular flexibility index (Phi) is 5.28. The first-order chi connectivity index (χ1) is 10.1. The normalized spacial score (nSPS) is 10.1. The van der Waals surface area contributed by atoms with Crippen LogP contribution in [0.15, 0.2) is 30.6 Å². The van der Waals surface area contributed by atoms with Crippen molar-refractivity contribution in [2.45, 2.75) is 6.42 Å². The van der Waals surface area contributed by atoms with Crippen LogP contribution in [0, 0.1) is 0 Å². The number of aromatic amines is 1. The molecule has 0 saturated heterocycles. The second kappa shape index (κ2) is 7.39. The van der Waals surface area contributed by atoms with E-state index in [-0.39, 0.29) is 18.4 Å². The van der Waals surface area contributed by atoms with Crippen molar-refractivity contribution in [2.24, 2.45) is 0 Å². The number of H-pyrrole nitrogens is 1. The van der Waals surface area contributed by atoms with Crippen molar-refractivity contribution in [3.63, 3.8) is 0 Å². The van der Waals surface area contributed by atoms with Crippen LogP contribution >= 0.6 is 11.6 Å². The first-order valence-corrected chi connectivity index (χ1v) is 6.67. The molecule has 0 radical (unpaired) electrons. The van der Waals surface area contributed by atoms with Gasteiger partial charge in [-0.3, -0.25) is 14.7 Å². The topological polar surface area (TPSA) is 99.8 Å². The Hall–Kier alpha value is -2.41. The quantitative estimate of drug-likeness (QED) is 0.725. The molecule has 1 aromatic carbocycles. The fourth-order valence-electron chi connectivity index (χ4n) is 1.60. The van der Waals surface area contributed by atoms with Crippen LogP contribution in [0.3, 0.4) is 0 Å². The lowest BCUT2D eigenvalue weighted by atomic mass is 10.2. The highest BCUT2D eigenvalue weighted by Gasteiger charge is 2.07. The summed E-state index contributed by atoms with van der Waals surface area (Å²) in [7, 11) is 0. The van der Waals surface area contributed by atoms with Crippen molar-refractivity contribution < 1.29 is 9.59 Å². The summed E-state index contributed by atoms with van der Waals surface area (Å²) in [5.74, 6) is 0.106. The molecule has 21 heavy (non-hydrogen) atoms. The van der Waals surface area contributed by atoms with Gasteiger partial charge in [-0.25, -0.2) is 4.98 Å². The zero-order valence-corrected chi connectivity index (χ0v) is 11.9. The highest BCUT2D eigenvalue weighted by molar-refractivity contribution is 6.30. The number of halogens is 1. The number of carbonyl (C=O) groups is 2. The predicted molar refractivity (Wildman–Crippen MR) is 76.9 cm³/mol. The van der Waals surface area contributed by atoms with Gasteiger partial charge in [0, 0.05) is 23.6 Å². The van der Waals surface area contributed by atoms with Gasteiger partial charge in [-0.2, -0.15) is 5.10 Å². The molecule has 0 aliphatic rings. The molecule has 8 heteroatoms. The minimum atomic E-state index is -0.322. The number of nitrogens with zero attached hydrogens (tertiary/aromatic N) is 2. The van der Waals surface area contributed by atoms with Gasteiger partial charge in [0.1, 0.15) is 12.2 Å². The van der Waals surface area contributed by atoms with Crippen LogP contribution in [-0.4, -0.2) is 40.1 Å².